The van der Waals surface area contributed by atoms with Crippen molar-refractivity contribution in [3.05, 3.63) is 245 Å². The second-order valence-corrected chi connectivity index (χ2v) is 34.9. The number of fused-ring (bicyclic) bond motifs is 2. The van der Waals surface area contributed by atoms with Gasteiger partial charge >= 0.3 is 23.9 Å². The van der Waals surface area contributed by atoms with Crippen molar-refractivity contribution in [3.8, 4) is 39.1 Å². The third-order valence-electron chi connectivity index (χ3n) is 19.4. The van der Waals surface area contributed by atoms with Gasteiger partial charge in [-0.1, -0.05) is 207 Å². The molecule has 2 aromatic heterocycles. The number of nitrogens with two attached hydrogens (primary N) is 1. The lowest BCUT2D eigenvalue weighted by molar-refractivity contribution is -0.164. The molecule has 10 aromatic rings. The number of thiazole rings is 1. The van der Waals surface area contributed by atoms with Crippen molar-refractivity contribution in [2.75, 3.05) is 97.6 Å². The van der Waals surface area contributed by atoms with Gasteiger partial charge in [0.2, 0.25) is 17.7 Å². The van der Waals surface area contributed by atoms with E-state index in [1.165, 1.54) is 23.2 Å². The maximum atomic E-state index is 14.0. The number of aromatic nitrogens is 3. The van der Waals surface area contributed by atoms with Gasteiger partial charge in [0.05, 0.1) is 90.7 Å². The van der Waals surface area contributed by atoms with E-state index in [9.17, 15) is 43.5 Å². The number of benzene rings is 8. The maximum Gasteiger partial charge on any atom is 0.329 e. The Balaban J connectivity index is 0.000000446. The number of halogens is 1. The van der Waals surface area contributed by atoms with Crippen LogP contribution in [0.3, 0.4) is 0 Å². The molecule has 0 saturated heterocycles. The predicted octanol–water partition coefficient (Wildman–Crippen LogP) is 19.3. The Morgan fingerprint density at radius 2 is 0.818 bits per heavy atom. The molecule has 3 amide bonds. The van der Waals surface area contributed by atoms with E-state index < -0.39 is 52.9 Å². The fraction of sp³-hybridized carbons (Fsp3) is 0.448. The summed E-state index contributed by atoms with van der Waals surface area (Å²) in [5, 5.41) is 13.8. The molecule has 0 aliphatic carbocycles. The number of rotatable bonds is 38. The number of hydrogen-bond donors (Lipinski definition) is 3. The average Bonchev–Trinajstić information content (AvgIpc) is 1.12. The van der Waals surface area contributed by atoms with Crippen LogP contribution < -0.4 is 16.6 Å². The lowest BCUT2D eigenvalue weighted by Crippen LogP contribution is -2.47. The van der Waals surface area contributed by atoms with Crippen molar-refractivity contribution >= 4 is 90.0 Å². The van der Waals surface area contributed by atoms with Gasteiger partial charge in [0.25, 0.3) is 5.56 Å². The first-order valence-corrected chi connectivity index (χ1v) is 46.4. The Hall–Kier alpha value is -10.7. The Labute approximate surface area is 795 Å². The number of ether oxygens (including phenoxy) is 8. The van der Waals surface area contributed by atoms with Crippen LogP contribution in [0.1, 0.15) is 175 Å². The zero-order chi connectivity index (χ0) is 95.9. The molecular formula is C105H145BrN8O17S. The molecule has 0 radical (unpaired) electrons. The number of carbonyl (C=O) groups is 7. The van der Waals surface area contributed by atoms with Crippen LogP contribution in [0.4, 0.5) is 0 Å². The predicted molar refractivity (Wildman–Crippen MR) is 536 cm³/mol. The Morgan fingerprint density at radius 3 is 1.20 bits per heavy atom. The number of carboxylic acid groups (broad SMARTS) is 1. The monoisotopic (exact) mass is 1900 g/mol. The van der Waals surface area contributed by atoms with Crippen molar-refractivity contribution in [2.24, 2.45) is 5.73 Å². The van der Waals surface area contributed by atoms with Crippen molar-refractivity contribution in [1.82, 2.24) is 34.6 Å². The first-order chi connectivity index (χ1) is 61.9. The molecule has 0 aliphatic rings. The van der Waals surface area contributed by atoms with E-state index in [-0.39, 0.29) is 81.9 Å². The van der Waals surface area contributed by atoms with Crippen molar-refractivity contribution in [1.29, 1.82) is 0 Å². The summed E-state index contributed by atoms with van der Waals surface area (Å²) in [6.07, 6.45) is 0.601. The van der Waals surface area contributed by atoms with E-state index in [2.05, 4.69) is 50.5 Å². The molecule has 8 aromatic carbocycles. The summed E-state index contributed by atoms with van der Waals surface area (Å²) in [6.45, 7) is 42.0. The average molecular weight is 1900 g/mol. The highest BCUT2D eigenvalue weighted by Crippen LogP contribution is 2.29. The van der Waals surface area contributed by atoms with Gasteiger partial charge in [-0.05, 0) is 212 Å². The van der Waals surface area contributed by atoms with Crippen LogP contribution in [0.15, 0.2) is 217 Å². The second-order valence-electron chi connectivity index (χ2n) is 33.2. The number of carbonyl (C=O) groups excluding carboxylic acids is 6. The second kappa shape index (κ2) is 60.4. The highest BCUT2D eigenvalue weighted by Gasteiger charge is 2.32. The molecule has 10 rings (SSSR count). The number of aliphatic carboxylic acids is 1. The number of para-hydroxylation sites is 1. The molecule has 0 spiro atoms. The first kappa shape index (κ1) is 115. The Bertz CT molecular complexity index is 5080. The summed E-state index contributed by atoms with van der Waals surface area (Å²) in [6, 6.07) is 64.3. The lowest BCUT2D eigenvalue weighted by Gasteiger charge is -2.30. The fourth-order valence-electron chi connectivity index (χ4n) is 12.7. The number of hydrogen-bond acceptors (Lipinski definition) is 21. The van der Waals surface area contributed by atoms with Crippen LogP contribution in [-0.2, 0) is 90.7 Å². The van der Waals surface area contributed by atoms with Gasteiger partial charge in [0, 0.05) is 64.5 Å². The first-order valence-electron chi connectivity index (χ1n) is 44.4. The topological polar surface area (TPSA) is 309 Å². The molecule has 5 atom stereocenters. The van der Waals surface area contributed by atoms with Gasteiger partial charge in [-0.15, -0.1) is 11.3 Å². The van der Waals surface area contributed by atoms with E-state index in [4.69, 9.17) is 48.6 Å². The standard InChI is InChI=1S/C35H32N4O3S.C25H33NO4.C21H25NO4.C11H23NO3.C7H15NO2.C4H9BrO.2CH4/c1-3-42-20-19-38(33(40)21-25-13-15-27(16-14-25)26-9-5-4-6-10-26)24(2)34-37-30-12-8-7-11-29(30)35(41)39(34)28-17-18-31-32(22-28)43-23-36-31;1-6-29-17-16-26(19(2)24(28)30-25(3,4)5)23(27)18-20-12-14-22(15-13-20)21-10-8-7-9-11-21;1-3-26-14-13-22(16(2)21(24)25)20(23)15-17-9-11-19(12-10-17)18-7-5-4-6-8-18;1-6-14-8-7-12-9(2)10(13)15-11(3,4)5;1-5(8)6(9)10-7(2,3)4;1-2-6-4-3-5;;/h4-18,22-24H,3,19-21H2,1-2H3;7-15,19H,6,16-18H2,1-5H3;4-12,16H,3,13-15H2,1-2H3,(H,24,25);9,12H,6-8H2,1-5H3;5H,8H2,1-4H3;2-4H2,1H3;2*1H4/t24-;19-;16-;9-;5-;;;/m11111.../s1. The van der Waals surface area contributed by atoms with E-state index in [0.717, 1.165) is 78.8 Å². The third-order valence-corrected chi connectivity index (χ3v) is 20.5. The highest BCUT2D eigenvalue weighted by atomic mass is 79.9. The van der Waals surface area contributed by atoms with Crippen LogP contribution in [0.5, 0.6) is 0 Å². The van der Waals surface area contributed by atoms with Crippen LogP contribution in [0.2, 0.25) is 0 Å². The summed E-state index contributed by atoms with van der Waals surface area (Å²) in [7, 11) is 0. The molecule has 27 heteroatoms. The minimum atomic E-state index is -1.02. The highest BCUT2D eigenvalue weighted by molar-refractivity contribution is 9.09. The summed E-state index contributed by atoms with van der Waals surface area (Å²) in [5.41, 5.74) is 16.9. The normalized spacial score (nSPS) is 12.1. The molecule has 0 bridgehead atoms. The summed E-state index contributed by atoms with van der Waals surface area (Å²) < 4.78 is 44.7. The number of nitrogens with one attached hydrogen (secondary N) is 1. The molecule has 132 heavy (non-hydrogen) atoms. The lowest BCUT2D eigenvalue weighted by atomic mass is 10.0. The summed E-state index contributed by atoms with van der Waals surface area (Å²) in [4.78, 5) is 114. The van der Waals surface area contributed by atoms with E-state index in [1.54, 1.807) is 46.7 Å². The maximum absolute atomic E-state index is 14.0. The van der Waals surface area contributed by atoms with Crippen LogP contribution >= 0.6 is 27.3 Å². The molecule has 0 fully saturated rings. The number of alkyl halides is 1. The number of carboxylic acids is 1. The smallest absolute Gasteiger partial charge is 0.329 e. The fourth-order valence-corrected chi connectivity index (χ4v) is 13.6. The summed E-state index contributed by atoms with van der Waals surface area (Å²) >= 11 is 4.74. The molecule has 2 heterocycles. The largest absolute Gasteiger partial charge is 0.480 e. The molecule has 0 aliphatic heterocycles. The van der Waals surface area contributed by atoms with Crippen LogP contribution in [-0.4, -0.2) is 214 Å². The molecule has 4 N–H and O–H groups in total. The van der Waals surface area contributed by atoms with E-state index in [0.29, 0.717) is 94.9 Å². The van der Waals surface area contributed by atoms with Gasteiger partial charge in [-0.25, -0.2) is 19.6 Å². The van der Waals surface area contributed by atoms with Gasteiger partial charge in [0.15, 0.2) is 0 Å². The SMILES string of the molecule is C.C.CCOCCBr.CCOCCN(C(=O)Cc1ccc(-c2ccccc2)cc1)[C@H](C)C(=O)O.CCOCCN(C(=O)Cc1ccc(-c2ccccc2)cc1)[C@H](C)C(=O)OC(C)(C)C.CCOCCN(C(=O)Cc1ccc(-c2ccccc2)cc1)[C@H](C)c1nc2ccccc2c(=O)n1-c1ccc2ncsc2c1.CCOCCN[C@H](C)C(=O)OC(C)(C)C.C[C@@H](N)C(=O)OC(C)(C)C. The van der Waals surface area contributed by atoms with Gasteiger partial charge in [-0.3, -0.25) is 33.3 Å². The minimum Gasteiger partial charge on any atom is -0.480 e. The number of esters is 3. The van der Waals surface area contributed by atoms with Gasteiger partial charge in [-0.2, -0.15) is 0 Å². The third kappa shape index (κ3) is 41.6. The van der Waals surface area contributed by atoms with Crippen molar-refractivity contribution < 1.29 is 76.6 Å². The molecule has 0 saturated carbocycles. The zero-order valence-electron chi connectivity index (χ0n) is 79.3. The van der Waals surface area contributed by atoms with Gasteiger partial charge < -0.3 is 68.8 Å². The molecular weight excluding hydrogens is 1760 g/mol. The quantitative estimate of drug-likeness (QED) is 0.0140. The van der Waals surface area contributed by atoms with E-state index in [1.807, 2.05) is 280 Å². The number of amides is 3. The van der Waals surface area contributed by atoms with Crippen LogP contribution in [0.25, 0.3) is 60.2 Å². The Morgan fingerprint density at radius 1 is 0.455 bits per heavy atom. The van der Waals surface area contributed by atoms with Gasteiger partial charge in [0.1, 0.15) is 46.8 Å². The molecule has 25 nitrogen and oxygen atoms in total. The van der Waals surface area contributed by atoms with Crippen molar-refractivity contribution in [3.63, 3.8) is 0 Å². The van der Waals surface area contributed by atoms with Crippen LogP contribution in [0, 0.1) is 0 Å². The zero-order valence-corrected chi connectivity index (χ0v) is 81.8. The number of nitrogens with zero attached hydrogens (tertiary/aromatic N) is 6. The van der Waals surface area contributed by atoms with Crippen molar-refractivity contribution in [2.45, 2.75) is 213 Å². The summed E-state index contributed by atoms with van der Waals surface area (Å²) in [5.74, 6) is -1.91. The van der Waals surface area contributed by atoms with E-state index >= 15 is 0 Å². The Kier molecular flexibility index (Phi) is 52.9. The molecule has 0 unspecified atom stereocenters. The minimum absolute atomic E-state index is 0. The molecule has 720 valence electrons.